The number of rotatable bonds is 7. The van der Waals surface area contributed by atoms with E-state index in [1.54, 1.807) is 6.08 Å². The lowest BCUT2D eigenvalue weighted by atomic mass is 9.86. The lowest BCUT2D eigenvalue weighted by molar-refractivity contribution is -0.120. The van der Waals surface area contributed by atoms with Gasteiger partial charge in [-0.25, -0.2) is 0 Å². The molecule has 1 unspecified atom stereocenters. The molecule has 2 aromatic rings. The zero-order valence-corrected chi connectivity index (χ0v) is 18.8. The van der Waals surface area contributed by atoms with Crippen LogP contribution in [0.3, 0.4) is 0 Å². The van der Waals surface area contributed by atoms with Crippen LogP contribution in [-0.4, -0.2) is 32.5 Å². The normalized spacial score (nSPS) is 16.0. The lowest BCUT2D eigenvalue weighted by Gasteiger charge is -2.20. The largest absolute Gasteiger partial charge is 0.352 e. The Labute approximate surface area is 178 Å². The first-order valence-corrected chi connectivity index (χ1v) is 11.3. The van der Waals surface area contributed by atoms with Crippen LogP contribution in [0.1, 0.15) is 65.0 Å². The lowest BCUT2D eigenvalue weighted by Crippen LogP contribution is -2.31. The average Bonchev–Trinajstić information content (AvgIpc) is 3.35. The van der Waals surface area contributed by atoms with Crippen molar-refractivity contribution < 1.29 is 4.79 Å². The number of hydrogen-bond donors (Lipinski definition) is 1. The van der Waals surface area contributed by atoms with Crippen molar-refractivity contribution in [1.29, 1.82) is 0 Å². The molecule has 1 heterocycles. The molecule has 6 heteroatoms. The van der Waals surface area contributed by atoms with E-state index in [1.807, 2.05) is 6.92 Å². The van der Waals surface area contributed by atoms with Gasteiger partial charge in [-0.05, 0) is 30.7 Å². The van der Waals surface area contributed by atoms with Crippen LogP contribution in [0.15, 0.2) is 42.1 Å². The van der Waals surface area contributed by atoms with Crippen molar-refractivity contribution in [2.45, 2.75) is 75.2 Å². The van der Waals surface area contributed by atoms with Crippen molar-refractivity contribution in [2.75, 3.05) is 6.54 Å². The first-order valence-electron chi connectivity index (χ1n) is 10.4. The van der Waals surface area contributed by atoms with E-state index in [0.29, 0.717) is 12.6 Å². The molecule has 0 aliphatic heterocycles. The van der Waals surface area contributed by atoms with Crippen LogP contribution in [-0.2, 0) is 10.2 Å². The van der Waals surface area contributed by atoms with E-state index in [9.17, 15) is 4.79 Å². The highest BCUT2D eigenvalue weighted by Gasteiger charge is 2.27. The Bertz CT molecular complexity index is 845. The molecule has 1 aliphatic carbocycles. The Morgan fingerprint density at radius 1 is 1.28 bits per heavy atom. The van der Waals surface area contributed by atoms with Gasteiger partial charge in [-0.3, -0.25) is 9.36 Å². The van der Waals surface area contributed by atoms with Crippen molar-refractivity contribution >= 4 is 17.7 Å². The predicted octanol–water partition coefficient (Wildman–Crippen LogP) is 5.14. The number of carbonyl (C=O) groups excluding carboxylic acids is 1. The van der Waals surface area contributed by atoms with Gasteiger partial charge in [0.1, 0.15) is 0 Å². The van der Waals surface area contributed by atoms with Crippen LogP contribution in [0.2, 0.25) is 0 Å². The molecule has 0 saturated heterocycles. The summed E-state index contributed by atoms with van der Waals surface area (Å²) in [6.45, 7) is 12.7. The Balaban J connectivity index is 1.90. The minimum atomic E-state index is -0.240. The van der Waals surface area contributed by atoms with Gasteiger partial charge >= 0.3 is 0 Å². The van der Waals surface area contributed by atoms with Crippen LogP contribution in [0.4, 0.5) is 0 Å². The van der Waals surface area contributed by atoms with E-state index in [-0.39, 0.29) is 16.6 Å². The third kappa shape index (κ3) is 5.10. The van der Waals surface area contributed by atoms with Gasteiger partial charge < -0.3 is 5.32 Å². The predicted molar refractivity (Wildman–Crippen MR) is 120 cm³/mol. The molecule has 3 rings (SSSR count). The summed E-state index contributed by atoms with van der Waals surface area (Å²) < 4.78 is 2.26. The van der Waals surface area contributed by atoms with E-state index >= 15 is 0 Å². The molecule has 1 fully saturated rings. The van der Waals surface area contributed by atoms with Gasteiger partial charge in [0.25, 0.3) is 0 Å². The maximum atomic E-state index is 12.3. The van der Waals surface area contributed by atoms with Gasteiger partial charge in [-0.2, -0.15) is 0 Å². The quantitative estimate of drug-likeness (QED) is 0.505. The second-order valence-electron chi connectivity index (χ2n) is 8.74. The minimum absolute atomic E-state index is 0.00745. The van der Waals surface area contributed by atoms with Crippen molar-refractivity contribution in [3.8, 4) is 11.4 Å². The first kappa shape index (κ1) is 21.6. The summed E-state index contributed by atoms with van der Waals surface area (Å²) in [6, 6.07) is 9.05. The van der Waals surface area contributed by atoms with Crippen molar-refractivity contribution in [3.63, 3.8) is 0 Å². The fraction of sp³-hybridized carbons (Fsp3) is 0.522. The Morgan fingerprint density at radius 2 is 1.93 bits per heavy atom. The number of amides is 1. The molecule has 1 saturated carbocycles. The summed E-state index contributed by atoms with van der Waals surface area (Å²) in [5.41, 5.74) is 2.50. The topological polar surface area (TPSA) is 59.8 Å². The molecule has 29 heavy (non-hydrogen) atoms. The van der Waals surface area contributed by atoms with Crippen LogP contribution in [0.5, 0.6) is 0 Å². The standard InChI is InChI=1S/C23H32N4OS/c1-6-15-24-21(28)16(2)29-22-26-25-20(27(22)19-9-7-8-10-19)17-11-13-18(14-12-17)23(3,4)5/h6,11-14,16,19H,1,7-10,15H2,2-5H3,(H,24,28). The number of carbonyl (C=O) groups is 1. The molecule has 1 atom stereocenters. The summed E-state index contributed by atoms with van der Waals surface area (Å²) in [7, 11) is 0. The Hall–Kier alpha value is -2.08. The molecule has 0 bridgehead atoms. The molecular formula is C23H32N4OS. The van der Waals surface area contributed by atoms with Crippen LogP contribution < -0.4 is 5.32 Å². The highest BCUT2D eigenvalue weighted by Crippen LogP contribution is 2.38. The van der Waals surface area contributed by atoms with Crippen LogP contribution in [0, 0.1) is 0 Å². The molecule has 1 aliphatic rings. The maximum absolute atomic E-state index is 12.3. The second kappa shape index (κ2) is 9.16. The number of thioether (sulfide) groups is 1. The summed E-state index contributed by atoms with van der Waals surface area (Å²) in [4.78, 5) is 12.3. The van der Waals surface area contributed by atoms with E-state index in [4.69, 9.17) is 0 Å². The van der Waals surface area contributed by atoms with E-state index in [1.165, 1.54) is 30.2 Å². The van der Waals surface area contributed by atoms with Gasteiger partial charge in [-0.1, -0.05) is 75.7 Å². The van der Waals surface area contributed by atoms with Crippen molar-refractivity contribution in [1.82, 2.24) is 20.1 Å². The summed E-state index contributed by atoms with van der Waals surface area (Å²) in [5.74, 6) is 0.894. The highest BCUT2D eigenvalue weighted by atomic mass is 32.2. The van der Waals surface area contributed by atoms with E-state index < -0.39 is 0 Å². The molecule has 1 aromatic carbocycles. The molecule has 1 N–H and O–H groups in total. The fourth-order valence-corrected chi connectivity index (χ4v) is 4.64. The molecule has 1 aromatic heterocycles. The average molecular weight is 413 g/mol. The van der Waals surface area contributed by atoms with Gasteiger partial charge in [0, 0.05) is 18.2 Å². The number of nitrogens with zero attached hydrogens (tertiary/aromatic N) is 3. The summed E-state index contributed by atoms with van der Waals surface area (Å²) in [6.07, 6.45) is 6.41. The highest BCUT2D eigenvalue weighted by molar-refractivity contribution is 8.00. The van der Waals surface area contributed by atoms with Gasteiger partial charge in [0.2, 0.25) is 5.91 Å². The third-order valence-corrected chi connectivity index (χ3v) is 6.49. The zero-order valence-electron chi connectivity index (χ0n) is 17.9. The van der Waals surface area contributed by atoms with Crippen LogP contribution in [0.25, 0.3) is 11.4 Å². The summed E-state index contributed by atoms with van der Waals surface area (Å²) in [5, 5.41) is 12.5. The Kier molecular flexibility index (Phi) is 6.83. The number of hydrogen-bond acceptors (Lipinski definition) is 4. The van der Waals surface area contributed by atoms with Crippen LogP contribution >= 0.6 is 11.8 Å². The van der Waals surface area contributed by atoms with E-state index in [2.05, 4.69) is 71.7 Å². The molecule has 0 spiro atoms. The smallest absolute Gasteiger partial charge is 0.233 e. The zero-order chi connectivity index (χ0) is 21.0. The maximum Gasteiger partial charge on any atom is 0.233 e. The molecule has 0 radical (unpaired) electrons. The van der Waals surface area contributed by atoms with E-state index in [0.717, 1.165) is 29.4 Å². The second-order valence-corrected chi connectivity index (χ2v) is 10.0. The number of aromatic nitrogens is 3. The first-order chi connectivity index (χ1) is 13.8. The SMILES string of the molecule is C=CCNC(=O)C(C)Sc1nnc(-c2ccc(C(C)(C)C)cc2)n1C1CCCC1. The molecular weight excluding hydrogens is 380 g/mol. The minimum Gasteiger partial charge on any atom is -0.352 e. The summed E-state index contributed by atoms with van der Waals surface area (Å²) >= 11 is 1.48. The fourth-order valence-electron chi connectivity index (χ4n) is 3.69. The van der Waals surface area contributed by atoms with Gasteiger partial charge in [0.05, 0.1) is 5.25 Å². The molecule has 1 amide bonds. The number of benzene rings is 1. The van der Waals surface area contributed by atoms with Gasteiger partial charge in [0.15, 0.2) is 11.0 Å². The monoisotopic (exact) mass is 412 g/mol. The number of nitrogens with one attached hydrogen (secondary N) is 1. The molecule has 5 nitrogen and oxygen atoms in total. The third-order valence-electron chi connectivity index (χ3n) is 5.44. The van der Waals surface area contributed by atoms with Gasteiger partial charge in [-0.15, -0.1) is 16.8 Å². The van der Waals surface area contributed by atoms with Crippen molar-refractivity contribution in [3.05, 3.63) is 42.5 Å². The Morgan fingerprint density at radius 3 is 2.52 bits per heavy atom. The molecule has 156 valence electrons. The van der Waals surface area contributed by atoms with Crippen molar-refractivity contribution in [2.24, 2.45) is 0 Å².